The lowest BCUT2D eigenvalue weighted by Crippen LogP contribution is -2.30. The van der Waals surface area contributed by atoms with Crippen LogP contribution in [-0.2, 0) is 27.6 Å². The molecule has 1 aromatic carbocycles. The number of rotatable bonds is 7. The van der Waals surface area contributed by atoms with Crippen molar-refractivity contribution < 1.29 is 17.9 Å². The smallest absolute Gasteiger partial charge is 0.421 e. The number of nitrogens with one attached hydrogen (secondary N) is 1. The van der Waals surface area contributed by atoms with Crippen LogP contribution in [0.5, 0.6) is 0 Å². The molecule has 9 heteroatoms. The fraction of sp³-hybridized carbons (Fsp3) is 0.417. The molecular weight excluding hydrogens is 458 g/mol. The van der Waals surface area contributed by atoms with Gasteiger partial charge in [-0.3, -0.25) is 0 Å². The number of aromatic nitrogens is 2. The Balaban J connectivity index is 1.73. The summed E-state index contributed by atoms with van der Waals surface area (Å²) in [4.78, 5) is 17.3. The van der Waals surface area contributed by atoms with Gasteiger partial charge in [-0.1, -0.05) is 38.1 Å². The summed E-state index contributed by atoms with van der Waals surface area (Å²) in [6.45, 7) is 7.88. The zero-order chi connectivity index (χ0) is 23.8. The lowest BCUT2D eigenvalue weighted by molar-refractivity contribution is 0.158. The van der Waals surface area contributed by atoms with Crippen LogP contribution in [0.4, 0.5) is 4.79 Å². The van der Waals surface area contributed by atoms with Crippen LogP contribution in [0.3, 0.4) is 0 Å². The number of imidazole rings is 1. The minimum atomic E-state index is -4.07. The summed E-state index contributed by atoms with van der Waals surface area (Å²) in [5.41, 5.74) is 3.56. The molecule has 1 atom stereocenters. The van der Waals surface area contributed by atoms with Gasteiger partial charge in [-0.2, -0.15) is 0 Å². The van der Waals surface area contributed by atoms with Crippen molar-refractivity contribution in [2.75, 3.05) is 6.61 Å². The van der Waals surface area contributed by atoms with Crippen molar-refractivity contribution in [1.29, 1.82) is 0 Å². The van der Waals surface area contributed by atoms with Gasteiger partial charge in [0, 0.05) is 29.3 Å². The number of carbonyl (C=O) groups excluding carboxylic acids is 1. The number of aryl methyl sites for hydroxylation is 1. The standard InChI is InChI=1S/C24H29N3O4S2/c1-5-31-24(28)26-33(29,30)23-22(16(4)20(32-23)14-15(2)3)18-8-6-17(7-9-18)19-10-11-21-25-12-13-27(19)21/h6-9,12-13,15,19H,5,10-11,14H2,1-4H3,(H,26,28)/t19-/m1/s1. The number of hydrogen-bond donors (Lipinski definition) is 1. The van der Waals surface area contributed by atoms with Gasteiger partial charge in [-0.05, 0) is 49.3 Å². The molecule has 0 saturated heterocycles. The largest absolute Gasteiger partial charge is 0.449 e. The first-order chi connectivity index (χ1) is 15.7. The molecule has 0 aliphatic carbocycles. The molecule has 176 valence electrons. The Labute approximate surface area is 198 Å². The molecule has 3 aromatic rings. The second-order valence-corrected chi connectivity index (χ2v) is 11.6. The molecule has 0 unspecified atom stereocenters. The molecular formula is C24H29N3O4S2. The average Bonchev–Trinajstić information content (AvgIpc) is 3.43. The van der Waals surface area contributed by atoms with E-state index in [-0.39, 0.29) is 16.9 Å². The summed E-state index contributed by atoms with van der Waals surface area (Å²) in [5.74, 6) is 1.47. The molecule has 0 spiro atoms. The highest BCUT2D eigenvalue weighted by Crippen LogP contribution is 2.41. The van der Waals surface area contributed by atoms with Crippen molar-refractivity contribution in [3.8, 4) is 11.1 Å². The number of hydrogen-bond acceptors (Lipinski definition) is 6. The number of benzene rings is 1. The van der Waals surface area contributed by atoms with E-state index < -0.39 is 16.1 Å². The minimum Gasteiger partial charge on any atom is -0.449 e. The van der Waals surface area contributed by atoms with Gasteiger partial charge in [0.05, 0.1) is 12.6 Å². The van der Waals surface area contributed by atoms with Crippen molar-refractivity contribution in [2.45, 2.75) is 57.2 Å². The topological polar surface area (TPSA) is 90.3 Å². The Kier molecular flexibility index (Phi) is 6.63. The van der Waals surface area contributed by atoms with E-state index in [1.54, 1.807) is 6.92 Å². The molecule has 1 amide bonds. The number of carbonyl (C=O) groups is 1. The average molecular weight is 488 g/mol. The Hall–Kier alpha value is -2.65. The first-order valence-corrected chi connectivity index (χ1v) is 13.4. The number of nitrogens with zero attached hydrogens (tertiary/aromatic N) is 2. The van der Waals surface area contributed by atoms with Gasteiger partial charge in [0.25, 0.3) is 10.0 Å². The van der Waals surface area contributed by atoms with Gasteiger partial charge >= 0.3 is 6.09 Å². The number of ether oxygens (including phenoxy) is 1. The second kappa shape index (κ2) is 9.30. The van der Waals surface area contributed by atoms with Gasteiger partial charge < -0.3 is 9.30 Å². The predicted octanol–water partition coefficient (Wildman–Crippen LogP) is 5.09. The van der Waals surface area contributed by atoms with E-state index >= 15 is 0 Å². The summed E-state index contributed by atoms with van der Waals surface area (Å²) in [6, 6.07) is 8.31. The highest BCUT2D eigenvalue weighted by Gasteiger charge is 2.29. The molecule has 0 radical (unpaired) electrons. The molecule has 0 saturated carbocycles. The maximum Gasteiger partial charge on any atom is 0.421 e. The van der Waals surface area contributed by atoms with Crippen LogP contribution < -0.4 is 4.72 Å². The van der Waals surface area contributed by atoms with E-state index in [1.165, 1.54) is 16.9 Å². The van der Waals surface area contributed by atoms with Crippen LogP contribution in [-0.4, -0.2) is 30.7 Å². The SMILES string of the molecule is CCOC(=O)NS(=O)(=O)c1sc(CC(C)C)c(C)c1-c1ccc([C@H]2CCc3nccn32)cc1. The fourth-order valence-corrected chi connectivity index (χ4v) is 7.41. The van der Waals surface area contributed by atoms with E-state index in [0.717, 1.165) is 41.1 Å². The third-order valence-corrected chi connectivity index (χ3v) is 9.00. The molecule has 4 rings (SSSR count). The third kappa shape index (κ3) is 4.70. The van der Waals surface area contributed by atoms with Gasteiger partial charge in [0.2, 0.25) is 0 Å². The van der Waals surface area contributed by atoms with E-state index in [9.17, 15) is 13.2 Å². The maximum atomic E-state index is 13.1. The van der Waals surface area contributed by atoms with Crippen LogP contribution in [0.1, 0.15) is 55.1 Å². The molecule has 1 aliphatic rings. The zero-order valence-corrected chi connectivity index (χ0v) is 20.9. The quantitative estimate of drug-likeness (QED) is 0.501. The zero-order valence-electron chi connectivity index (χ0n) is 19.3. The van der Waals surface area contributed by atoms with Crippen LogP contribution >= 0.6 is 11.3 Å². The van der Waals surface area contributed by atoms with Crippen molar-refractivity contribution in [3.63, 3.8) is 0 Å². The number of sulfonamides is 1. The monoisotopic (exact) mass is 487 g/mol. The van der Waals surface area contributed by atoms with E-state index in [1.807, 2.05) is 31.5 Å². The molecule has 3 heterocycles. The van der Waals surface area contributed by atoms with Gasteiger partial charge in [0.1, 0.15) is 10.0 Å². The molecule has 1 aliphatic heterocycles. The molecule has 7 nitrogen and oxygen atoms in total. The lowest BCUT2D eigenvalue weighted by atomic mass is 9.97. The Morgan fingerprint density at radius 2 is 2.03 bits per heavy atom. The van der Waals surface area contributed by atoms with Crippen molar-refractivity contribution in [1.82, 2.24) is 14.3 Å². The van der Waals surface area contributed by atoms with E-state index in [2.05, 4.69) is 40.3 Å². The van der Waals surface area contributed by atoms with E-state index in [4.69, 9.17) is 4.74 Å². The summed E-state index contributed by atoms with van der Waals surface area (Å²) in [7, 11) is -4.07. The first kappa shape index (κ1) is 23.5. The molecule has 0 fully saturated rings. The second-order valence-electron chi connectivity index (χ2n) is 8.66. The molecule has 2 aromatic heterocycles. The van der Waals surface area contributed by atoms with Crippen LogP contribution in [0, 0.1) is 12.8 Å². The molecule has 0 bridgehead atoms. The predicted molar refractivity (Wildman–Crippen MR) is 129 cm³/mol. The lowest BCUT2D eigenvalue weighted by Gasteiger charge is -2.14. The third-order valence-electron chi connectivity index (χ3n) is 5.85. The van der Waals surface area contributed by atoms with Crippen molar-refractivity contribution in [3.05, 3.63) is 58.5 Å². The summed E-state index contributed by atoms with van der Waals surface area (Å²) in [6.07, 6.45) is 5.59. The van der Waals surface area contributed by atoms with Crippen molar-refractivity contribution in [2.24, 2.45) is 5.92 Å². The van der Waals surface area contributed by atoms with Gasteiger partial charge in [-0.25, -0.2) is 22.9 Å². The minimum absolute atomic E-state index is 0.0948. The van der Waals surface area contributed by atoms with Gasteiger partial charge in [-0.15, -0.1) is 11.3 Å². The Morgan fingerprint density at radius 1 is 1.30 bits per heavy atom. The van der Waals surface area contributed by atoms with Crippen LogP contribution in [0.2, 0.25) is 0 Å². The highest BCUT2D eigenvalue weighted by atomic mass is 32.2. The number of amides is 1. The van der Waals surface area contributed by atoms with Crippen LogP contribution in [0.15, 0.2) is 40.9 Å². The van der Waals surface area contributed by atoms with Gasteiger partial charge in [0.15, 0.2) is 0 Å². The Morgan fingerprint density at radius 3 is 2.70 bits per heavy atom. The highest BCUT2D eigenvalue weighted by molar-refractivity contribution is 7.92. The summed E-state index contributed by atoms with van der Waals surface area (Å²) < 4.78 is 35.5. The Bertz CT molecular complexity index is 1260. The molecule has 33 heavy (non-hydrogen) atoms. The van der Waals surface area contributed by atoms with Crippen LogP contribution in [0.25, 0.3) is 11.1 Å². The number of fused-ring (bicyclic) bond motifs is 1. The normalized spacial score (nSPS) is 15.6. The molecule has 1 N–H and O–H groups in total. The summed E-state index contributed by atoms with van der Waals surface area (Å²) >= 11 is 1.23. The van der Waals surface area contributed by atoms with E-state index in [0.29, 0.717) is 11.5 Å². The number of thiophene rings is 1. The van der Waals surface area contributed by atoms with Crippen molar-refractivity contribution >= 4 is 27.5 Å². The fourth-order valence-electron chi connectivity index (χ4n) is 4.36. The maximum absolute atomic E-state index is 13.1. The summed E-state index contributed by atoms with van der Waals surface area (Å²) in [5, 5.41) is 0. The first-order valence-electron chi connectivity index (χ1n) is 11.1.